The summed E-state index contributed by atoms with van der Waals surface area (Å²) in [6.07, 6.45) is -3.77. The zero-order chi connectivity index (χ0) is 19.3. The van der Waals surface area contributed by atoms with Gasteiger partial charge in [0.15, 0.2) is 0 Å². The molecule has 0 aromatic heterocycles. The Labute approximate surface area is 155 Å². The van der Waals surface area contributed by atoms with Gasteiger partial charge in [0, 0.05) is 11.3 Å². The van der Waals surface area contributed by atoms with Crippen LogP contribution < -0.4 is 10.7 Å². The van der Waals surface area contributed by atoms with Crippen LogP contribution in [0.1, 0.15) is 11.1 Å². The predicted molar refractivity (Wildman–Crippen MR) is 92.3 cm³/mol. The number of hydrazone groups is 1. The maximum absolute atomic E-state index is 12.8. The molecule has 5 nitrogen and oxygen atoms in total. The van der Waals surface area contributed by atoms with Crippen LogP contribution in [-0.4, -0.2) is 18.0 Å². The van der Waals surface area contributed by atoms with Gasteiger partial charge in [-0.1, -0.05) is 41.4 Å². The number of alkyl halides is 3. The van der Waals surface area contributed by atoms with Crippen molar-refractivity contribution >= 4 is 46.9 Å². The van der Waals surface area contributed by atoms with Gasteiger partial charge in [0.05, 0.1) is 21.8 Å². The van der Waals surface area contributed by atoms with Crippen LogP contribution in [0.25, 0.3) is 0 Å². The summed E-state index contributed by atoms with van der Waals surface area (Å²) in [5.74, 6) is -2.25. The molecule has 0 saturated heterocycles. The third-order valence-electron chi connectivity index (χ3n) is 3.02. The zero-order valence-corrected chi connectivity index (χ0v) is 14.3. The van der Waals surface area contributed by atoms with E-state index in [1.807, 2.05) is 5.43 Å². The number of hydrogen-bond donors (Lipinski definition) is 2. The predicted octanol–water partition coefficient (Wildman–Crippen LogP) is 4.10. The van der Waals surface area contributed by atoms with Crippen molar-refractivity contribution < 1.29 is 22.8 Å². The summed E-state index contributed by atoms with van der Waals surface area (Å²) in [5.41, 5.74) is 0.884. The maximum Gasteiger partial charge on any atom is 0.417 e. The molecule has 2 N–H and O–H groups in total. The average Bonchev–Trinajstić information content (AvgIpc) is 2.57. The molecular formula is C16H10Cl2F3N3O2. The Kier molecular flexibility index (Phi) is 6.23. The van der Waals surface area contributed by atoms with Gasteiger partial charge in [-0.15, -0.1) is 0 Å². The molecule has 0 saturated carbocycles. The molecule has 0 spiro atoms. The van der Waals surface area contributed by atoms with E-state index in [-0.39, 0.29) is 21.3 Å². The molecular weight excluding hydrogens is 394 g/mol. The van der Waals surface area contributed by atoms with Gasteiger partial charge in [-0.2, -0.15) is 18.3 Å². The van der Waals surface area contributed by atoms with Gasteiger partial charge in [-0.05, 0) is 24.3 Å². The Bertz CT molecular complexity index is 870. The Hall–Kier alpha value is -2.58. The van der Waals surface area contributed by atoms with Crippen molar-refractivity contribution in [3.8, 4) is 0 Å². The van der Waals surface area contributed by atoms with Crippen molar-refractivity contribution in [2.24, 2.45) is 5.10 Å². The number of benzene rings is 2. The van der Waals surface area contributed by atoms with Crippen molar-refractivity contribution in [3.05, 3.63) is 63.6 Å². The van der Waals surface area contributed by atoms with Crippen LogP contribution in [0.2, 0.25) is 10.0 Å². The van der Waals surface area contributed by atoms with E-state index in [0.717, 1.165) is 12.3 Å². The van der Waals surface area contributed by atoms with Crippen LogP contribution in [0.3, 0.4) is 0 Å². The van der Waals surface area contributed by atoms with Crippen molar-refractivity contribution in [3.63, 3.8) is 0 Å². The monoisotopic (exact) mass is 403 g/mol. The van der Waals surface area contributed by atoms with Gasteiger partial charge in [0.2, 0.25) is 0 Å². The Morgan fingerprint density at radius 2 is 1.69 bits per heavy atom. The summed E-state index contributed by atoms with van der Waals surface area (Å²) < 4.78 is 38.5. The van der Waals surface area contributed by atoms with Gasteiger partial charge in [-0.25, -0.2) is 5.43 Å². The van der Waals surface area contributed by atoms with Crippen LogP contribution in [0.15, 0.2) is 47.6 Å². The first kappa shape index (κ1) is 19.7. The van der Waals surface area contributed by atoms with Gasteiger partial charge < -0.3 is 5.32 Å². The lowest BCUT2D eigenvalue weighted by atomic mass is 10.1. The second kappa shape index (κ2) is 8.20. The number of anilines is 1. The van der Waals surface area contributed by atoms with Crippen LogP contribution in [0.4, 0.5) is 18.9 Å². The first-order chi connectivity index (χ1) is 12.2. The van der Waals surface area contributed by atoms with E-state index in [0.29, 0.717) is 0 Å². The minimum atomic E-state index is -4.57. The van der Waals surface area contributed by atoms with Gasteiger partial charge in [0.1, 0.15) is 0 Å². The van der Waals surface area contributed by atoms with E-state index in [1.54, 1.807) is 0 Å². The highest BCUT2D eigenvalue weighted by Crippen LogP contribution is 2.31. The molecule has 0 radical (unpaired) electrons. The fourth-order valence-electron chi connectivity index (χ4n) is 1.84. The molecule has 0 heterocycles. The highest BCUT2D eigenvalue weighted by atomic mass is 35.5. The smallest absolute Gasteiger partial charge is 0.318 e. The van der Waals surface area contributed by atoms with E-state index in [4.69, 9.17) is 23.2 Å². The first-order valence-electron chi connectivity index (χ1n) is 6.94. The lowest BCUT2D eigenvalue weighted by molar-refractivity contribution is -0.137. The Balaban J connectivity index is 2.01. The summed E-state index contributed by atoms with van der Waals surface area (Å²) >= 11 is 11.5. The largest absolute Gasteiger partial charge is 0.417 e. The van der Waals surface area contributed by atoms with Gasteiger partial charge in [0.25, 0.3) is 0 Å². The third kappa shape index (κ3) is 5.21. The number of rotatable bonds is 3. The molecule has 0 unspecified atom stereocenters. The Morgan fingerprint density at radius 3 is 2.35 bits per heavy atom. The average molecular weight is 404 g/mol. The maximum atomic E-state index is 12.8. The molecule has 0 aliphatic heterocycles. The van der Waals surface area contributed by atoms with E-state index >= 15 is 0 Å². The number of halogens is 5. The molecule has 0 aliphatic rings. The van der Waals surface area contributed by atoms with Crippen LogP contribution in [0, 0.1) is 0 Å². The first-order valence-corrected chi connectivity index (χ1v) is 7.69. The quantitative estimate of drug-likeness (QED) is 0.460. The van der Waals surface area contributed by atoms with Crippen molar-refractivity contribution in [2.45, 2.75) is 6.18 Å². The highest BCUT2D eigenvalue weighted by molar-refractivity contribution is 6.42. The number of nitrogens with zero attached hydrogens (tertiary/aromatic N) is 1. The molecule has 0 aliphatic carbocycles. The van der Waals surface area contributed by atoms with Gasteiger partial charge in [-0.3, -0.25) is 9.59 Å². The Morgan fingerprint density at radius 1 is 1.00 bits per heavy atom. The summed E-state index contributed by atoms with van der Waals surface area (Å²) in [5, 5.41) is 6.06. The zero-order valence-electron chi connectivity index (χ0n) is 12.8. The van der Waals surface area contributed by atoms with Gasteiger partial charge >= 0.3 is 18.0 Å². The molecule has 0 atom stereocenters. The standard InChI is InChI=1S/C16H10Cl2F3N3O2/c17-12-6-5-10(7-13(12)18)23-14(25)15(26)24-22-8-9-3-1-2-4-11(9)16(19,20)21/h1-8H,(H,23,25)(H,24,26)/b22-8+. The fourth-order valence-corrected chi connectivity index (χ4v) is 2.14. The highest BCUT2D eigenvalue weighted by Gasteiger charge is 2.32. The van der Waals surface area contributed by atoms with Crippen LogP contribution >= 0.6 is 23.2 Å². The lowest BCUT2D eigenvalue weighted by Crippen LogP contribution is -2.32. The lowest BCUT2D eigenvalue weighted by Gasteiger charge is -2.09. The molecule has 2 aromatic rings. The molecule has 0 bridgehead atoms. The third-order valence-corrected chi connectivity index (χ3v) is 3.76. The van der Waals surface area contributed by atoms with E-state index in [2.05, 4.69) is 10.4 Å². The van der Waals surface area contributed by atoms with Crippen LogP contribution in [-0.2, 0) is 15.8 Å². The topological polar surface area (TPSA) is 70.6 Å². The van der Waals surface area contributed by atoms with Crippen molar-refractivity contribution in [1.29, 1.82) is 0 Å². The summed E-state index contributed by atoms with van der Waals surface area (Å²) in [7, 11) is 0. The summed E-state index contributed by atoms with van der Waals surface area (Å²) in [6, 6.07) is 8.83. The van der Waals surface area contributed by atoms with E-state index in [9.17, 15) is 22.8 Å². The molecule has 10 heteroatoms. The molecule has 26 heavy (non-hydrogen) atoms. The second-order valence-corrected chi connectivity index (χ2v) is 5.68. The molecule has 0 fully saturated rings. The SMILES string of the molecule is O=C(N/N=C/c1ccccc1C(F)(F)F)C(=O)Nc1ccc(Cl)c(Cl)c1. The minimum Gasteiger partial charge on any atom is -0.318 e. The number of nitrogens with one attached hydrogen (secondary N) is 2. The number of hydrogen-bond acceptors (Lipinski definition) is 3. The van der Waals surface area contributed by atoms with E-state index in [1.165, 1.54) is 36.4 Å². The molecule has 2 rings (SSSR count). The summed E-state index contributed by atoms with van der Waals surface area (Å²) in [6.45, 7) is 0. The second-order valence-electron chi connectivity index (χ2n) is 4.87. The molecule has 2 amide bonds. The summed E-state index contributed by atoms with van der Waals surface area (Å²) in [4.78, 5) is 23.4. The molecule has 2 aromatic carbocycles. The van der Waals surface area contributed by atoms with Crippen molar-refractivity contribution in [2.75, 3.05) is 5.32 Å². The van der Waals surface area contributed by atoms with E-state index < -0.39 is 23.6 Å². The fraction of sp³-hybridized carbons (Fsp3) is 0.0625. The number of amides is 2. The van der Waals surface area contributed by atoms with Crippen LogP contribution in [0.5, 0.6) is 0 Å². The number of carbonyl (C=O) groups is 2. The normalized spacial score (nSPS) is 11.4. The number of carbonyl (C=O) groups excluding carboxylic acids is 2. The minimum absolute atomic E-state index is 0.173. The van der Waals surface area contributed by atoms with Crippen molar-refractivity contribution in [1.82, 2.24) is 5.43 Å². The molecule has 136 valence electrons.